The minimum absolute atomic E-state index is 0.0607. The first-order valence-corrected chi connectivity index (χ1v) is 35.0. The molecule has 0 aliphatic carbocycles. The number of unbranched alkanes of at least 4 members (excludes halogenated alkanes) is 55. The number of hydrogen-bond acceptors (Lipinski definition) is 6. The van der Waals surface area contributed by atoms with E-state index >= 15 is 0 Å². The summed E-state index contributed by atoms with van der Waals surface area (Å²) >= 11 is 0. The Morgan fingerprint density at radius 1 is 0.211 bits per heavy atom. The Labute approximate surface area is 476 Å². The van der Waals surface area contributed by atoms with Crippen molar-refractivity contribution in [3.8, 4) is 0 Å². The summed E-state index contributed by atoms with van der Waals surface area (Å²) in [4.78, 5) is 38.3. The van der Waals surface area contributed by atoms with Crippen molar-refractivity contribution in [3.63, 3.8) is 0 Å². The quantitative estimate of drug-likeness (QED) is 0.0343. The summed E-state index contributed by atoms with van der Waals surface area (Å²) < 4.78 is 16.9. The highest BCUT2D eigenvalue weighted by atomic mass is 16.6. The molecule has 0 rings (SSSR count). The number of esters is 3. The molecule has 0 heterocycles. The molecule has 0 aromatic carbocycles. The van der Waals surface area contributed by atoms with E-state index < -0.39 is 6.10 Å². The predicted octanol–water partition coefficient (Wildman–Crippen LogP) is 23.8. The van der Waals surface area contributed by atoms with Gasteiger partial charge in [-0.1, -0.05) is 374 Å². The van der Waals surface area contributed by atoms with Gasteiger partial charge in [0.05, 0.1) is 0 Å². The van der Waals surface area contributed by atoms with Crippen molar-refractivity contribution < 1.29 is 28.6 Å². The fourth-order valence-corrected chi connectivity index (χ4v) is 11.1. The Morgan fingerprint density at radius 3 is 0.526 bits per heavy atom. The minimum Gasteiger partial charge on any atom is -0.462 e. The molecule has 76 heavy (non-hydrogen) atoms. The Balaban J connectivity index is 4.02. The van der Waals surface area contributed by atoms with E-state index in [1.165, 1.54) is 315 Å². The standard InChI is InChI=1S/C70H136O6/c1-4-7-10-13-16-19-22-25-27-28-29-30-31-32-33-34-35-36-37-38-39-40-41-42-43-44-46-48-51-54-57-60-63-69(72)75-66-67(65-74-68(71)62-59-56-53-50-47-24-21-18-15-12-9-6-3)76-70(73)64-61-58-55-52-49-45-26-23-20-17-14-11-8-5-2/h67H,4-66H2,1-3H3. The topological polar surface area (TPSA) is 78.9 Å². The van der Waals surface area contributed by atoms with Gasteiger partial charge in [0.25, 0.3) is 0 Å². The molecule has 0 spiro atoms. The number of ether oxygens (including phenoxy) is 3. The lowest BCUT2D eigenvalue weighted by Gasteiger charge is -2.18. The second-order valence-electron chi connectivity index (χ2n) is 24.2. The summed E-state index contributed by atoms with van der Waals surface area (Å²) in [6, 6.07) is 0. The van der Waals surface area contributed by atoms with Crippen LogP contribution in [0.25, 0.3) is 0 Å². The largest absolute Gasteiger partial charge is 0.462 e. The van der Waals surface area contributed by atoms with Gasteiger partial charge in [-0.2, -0.15) is 0 Å². The molecule has 0 saturated carbocycles. The normalized spacial score (nSPS) is 11.9. The van der Waals surface area contributed by atoms with Crippen LogP contribution >= 0.6 is 0 Å². The Morgan fingerprint density at radius 2 is 0.355 bits per heavy atom. The van der Waals surface area contributed by atoms with Gasteiger partial charge in [0.1, 0.15) is 13.2 Å². The maximum absolute atomic E-state index is 12.9. The third-order valence-electron chi connectivity index (χ3n) is 16.4. The average molecular weight is 1070 g/mol. The molecule has 1 atom stereocenters. The molecule has 0 amide bonds. The first-order valence-electron chi connectivity index (χ1n) is 35.0. The summed E-state index contributed by atoms with van der Waals surface area (Å²) in [6.07, 6.45) is 77.2. The van der Waals surface area contributed by atoms with Gasteiger partial charge < -0.3 is 14.2 Å². The molecule has 0 aromatic heterocycles. The van der Waals surface area contributed by atoms with E-state index in [0.29, 0.717) is 19.3 Å². The van der Waals surface area contributed by atoms with Crippen LogP contribution in [0.2, 0.25) is 0 Å². The summed E-state index contributed by atoms with van der Waals surface area (Å²) in [5.74, 6) is -0.826. The zero-order chi connectivity index (χ0) is 55.0. The maximum Gasteiger partial charge on any atom is 0.306 e. The predicted molar refractivity (Wildman–Crippen MR) is 330 cm³/mol. The molecular weight excluding hydrogens is 937 g/mol. The summed E-state index contributed by atoms with van der Waals surface area (Å²) in [5.41, 5.74) is 0. The van der Waals surface area contributed by atoms with Crippen molar-refractivity contribution in [2.45, 2.75) is 419 Å². The van der Waals surface area contributed by atoms with E-state index in [9.17, 15) is 14.4 Å². The maximum atomic E-state index is 12.9. The molecule has 1 unspecified atom stereocenters. The SMILES string of the molecule is CCCCCCCCCCCCCCCCCCCCCCCCCCCCCCCCCCC(=O)OCC(COC(=O)CCCCCCCCCCCCCC)OC(=O)CCCCCCCCCCCCCCCC. The van der Waals surface area contributed by atoms with Gasteiger partial charge in [0, 0.05) is 19.3 Å². The average Bonchev–Trinajstić information content (AvgIpc) is 3.42. The fourth-order valence-electron chi connectivity index (χ4n) is 11.1. The Kier molecular flexibility index (Phi) is 64.5. The van der Waals surface area contributed by atoms with E-state index in [2.05, 4.69) is 20.8 Å². The van der Waals surface area contributed by atoms with Crippen LogP contribution < -0.4 is 0 Å². The van der Waals surface area contributed by atoms with Crippen molar-refractivity contribution in [3.05, 3.63) is 0 Å². The minimum atomic E-state index is -0.762. The van der Waals surface area contributed by atoms with Crippen molar-refractivity contribution in [1.82, 2.24) is 0 Å². The highest BCUT2D eigenvalue weighted by Crippen LogP contribution is 2.19. The van der Waals surface area contributed by atoms with Crippen molar-refractivity contribution >= 4 is 17.9 Å². The van der Waals surface area contributed by atoms with Crippen LogP contribution in [-0.4, -0.2) is 37.2 Å². The zero-order valence-corrected chi connectivity index (χ0v) is 52.1. The lowest BCUT2D eigenvalue weighted by molar-refractivity contribution is -0.167. The molecule has 0 fully saturated rings. The van der Waals surface area contributed by atoms with E-state index in [-0.39, 0.29) is 31.1 Å². The first-order chi connectivity index (χ1) is 37.5. The number of hydrogen-bond donors (Lipinski definition) is 0. The highest BCUT2D eigenvalue weighted by molar-refractivity contribution is 5.71. The third-order valence-corrected chi connectivity index (χ3v) is 16.4. The van der Waals surface area contributed by atoms with Gasteiger partial charge in [0.15, 0.2) is 6.10 Å². The number of rotatable bonds is 66. The monoisotopic (exact) mass is 1070 g/mol. The molecule has 0 aliphatic heterocycles. The molecule has 0 saturated heterocycles. The molecule has 0 aliphatic rings. The van der Waals surface area contributed by atoms with Crippen LogP contribution in [-0.2, 0) is 28.6 Å². The Hall–Kier alpha value is -1.59. The van der Waals surface area contributed by atoms with Crippen LogP contribution in [0.3, 0.4) is 0 Å². The van der Waals surface area contributed by atoms with E-state index in [1.807, 2.05) is 0 Å². The smallest absolute Gasteiger partial charge is 0.306 e. The molecular formula is C70H136O6. The zero-order valence-electron chi connectivity index (χ0n) is 52.1. The van der Waals surface area contributed by atoms with E-state index in [4.69, 9.17) is 14.2 Å². The van der Waals surface area contributed by atoms with Gasteiger partial charge in [-0.3, -0.25) is 14.4 Å². The van der Waals surface area contributed by atoms with Gasteiger partial charge in [0.2, 0.25) is 0 Å². The van der Waals surface area contributed by atoms with Crippen molar-refractivity contribution in [2.75, 3.05) is 13.2 Å². The molecule has 6 nitrogen and oxygen atoms in total. The second kappa shape index (κ2) is 65.9. The molecule has 452 valence electrons. The van der Waals surface area contributed by atoms with Gasteiger partial charge in [-0.05, 0) is 19.3 Å². The highest BCUT2D eigenvalue weighted by Gasteiger charge is 2.19. The van der Waals surface area contributed by atoms with Crippen LogP contribution in [0.5, 0.6) is 0 Å². The summed E-state index contributed by atoms with van der Waals surface area (Å²) in [7, 11) is 0. The van der Waals surface area contributed by atoms with E-state index in [0.717, 1.165) is 57.8 Å². The fraction of sp³-hybridized carbons (Fsp3) is 0.957. The molecule has 0 bridgehead atoms. The summed E-state index contributed by atoms with van der Waals surface area (Å²) in [6.45, 7) is 6.72. The first kappa shape index (κ1) is 74.4. The van der Waals surface area contributed by atoms with Crippen molar-refractivity contribution in [2.24, 2.45) is 0 Å². The number of carbonyl (C=O) groups is 3. The van der Waals surface area contributed by atoms with Crippen LogP contribution in [0, 0.1) is 0 Å². The van der Waals surface area contributed by atoms with Gasteiger partial charge >= 0.3 is 17.9 Å². The van der Waals surface area contributed by atoms with Crippen LogP contribution in [0.15, 0.2) is 0 Å². The lowest BCUT2D eigenvalue weighted by Crippen LogP contribution is -2.30. The molecule has 0 aromatic rings. The molecule has 0 radical (unpaired) electrons. The number of carbonyl (C=O) groups excluding carboxylic acids is 3. The molecule has 0 N–H and O–H groups in total. The van der Waals surface area contributed by atoms with E-state index in [1.54, 1.807) is 0 Å². The third kappa shape index (κ3) is 63.2. The second-order valence-corrected chi connectivity index (χ2v) is 24.2. The van der Waals surface area contributed by atoms with Crippen LogP contribution in [0.4, 0.5) is 0 Å². The van der Waals surface area contributed by atoms with Crippen molar-refractivity contribution in [1.29, 1.82) is 0 Å². The van der Waals surface area contributed by atoms with Gasteiger partial charge in [-0.25, -0.2) is 0 Å². The summed E-state index contributed by atoms with van der Waals surface area (Å²) in [5, 5.41) is 0. The van der Waals surface area contributed by atoms with Crippen LogP contribution in [0.1, 0.15) is 412 Å². The Bertz CT molecular complexity index is 1140. The van der Waals surface area contributed by atoms with Gasteiger partial charge in [-0.15, -0.1) is 0 Å². The lowest BCUT2D eigenvalue weighted by atomic mass is 10.0. The molecule has 6 heteroatoms.